The monoisotopic (exact) mass is 312 g/mol. The number of carbonyl (C=O) groups excluding carboxylic acids is 1. The third-order valence-electron chi connectivity index (χ3n) is 3.39. The van der Waals surface area contributed by atoms with Crippen LogP contribution in [0.25, 0.3) is 5.70 Å². The molecule has 0 aliphatic carbocycles. The Bertz CT molecular complexity index is 617. The molecule has 1 aromatic heterocycles. The fourth-order valence-electron chi connectivity index (χ4n) is 2.41. The van der Waals surface area contributed by atoms with Crippen molar-refractivity contribution >= 4 is 29.3 Å². The molecular weight excluding hydrogens is 300 g/mol. The molecule has 0 aromatic carbocycles. The third-order valence-corrected chi connectivity index (χ3v) is 4.59. The van der Waals surface area contributed by atoms with Crippen LogP contribution in [0.15, 0.2) is 30.1 Å². The number of carboxylic acid groups (broad SMARTS) is 1. The third kappa shape index (κ3) is 2.19. The Morgan fingerprint density at radius 2 is 2.25 bits per heavy atom. The number of hydrogen-bond donors (Lipinski definition) is 1. The molecule has 0 spiro atoms. The SMILES string of the molecule is Cc1cccc[n+]1C1=C(C(=O)O)N2C(=O)C[C@H]2SC1.[Cl-]. The Morgan fingerprint density at radius 3 is 2.85 bits per heavy atom. The van der Waals surface area contributed by atoms with Crippen molar-refractivity contribution in [2.24, 2.45) is 0 Å². The summed E-state index contributed by atoms with van der Waals surface area (Å²) in [7, 11) is 0. The summed E-state index contributed by atoms with van der Waals surface area (Å²) < 4.78 is 1.85. The molecule has 1 amide bonds. The molecule has 1 atom stereocenters. The normalized spacial score (nSPS) is 20.9. The van der Waals surface area contributed by atoms with E-state index in [1.807, 2.05) is 35.9 Å². The van der Waals surface area contributed by atoms with Gasteiger partial charge in [-0.05, 0) is 0 Å². The van der Waals surface area contributed by atoms with Gasteiger partial charge in [0.05, 0.1) is 17.5 Å². The number of fused-ring (bicyclic) bond motifs is 1. The molecule has 1 N–H and O–H groups in total. The van der Waals surface area contributed by atoms with E-state index >= 15 is 0 Å². The van der Waals surface area contributed by atoms with Crippen molar-refractivity contribution in [1.29, 1.82) is 0 Å². The van der Waals surface area contributed by atoms with Gasteiger partial charge >= 0.3 is 5.97 Å². The lowest BCUT2D eigenvalue weighted by Crippen LogP contribution is -3.00. The van der Waals surface area contributed by atoms with Crippen LogP contribution < -0.4 is 17.0 Å². The van der Waals surface area contributed by atoms with E-state index in [1.54, 1.807) is 11.8 Å². The standard InChI is InChI=1S/C13H12N2O3S.ClH/c1-8-4-2-3-5-14(8)9-7-19-11-6-10(16)15(11)12(9)13(17)18;/h2-5,11H,6-7H2,1H3;1H/t11-;/m1./s1. The van der Waals surface area contributed by atoms with Crippen molar-refractivity contribution in [2.75, 3.05) is 5.75 Å². The van der Waals surface area contributed by atoms with E-state index < -0.39 is 5.97 Å². The van der Waals surface area contributed by atoms with E-state index in [9.17, 15) is 14.7 Å². The van der Waals surface area contributed by atoms with Gasteiger partial charge in [0.15, 0.2) is 17.6 Å². The molecule has 3 rings (SSSR count). The maximum absolute atomic E-state index is 11.6. The van der Waals surface area contributed by atoms with E-state index in [1.165, 1.54) is 4.90 Å². The summed E-state index contributed by atoms with van der Waals surface area (Å²) in [5.41, 5.74) is 1.74. The van der Waals surface area contributed by atoms with Crippen molar-refractivity contribution in [3.05, 3.63) is 35.8 Å². The van der Waals surface area contributed by atoms with Crippen LogP contribution in [0.4, 0.5) is 0 Å². The second-order valence-electron chi connectivity index (χ2n) is 4.55. The van der Waals surface area contributed by atoms with Crippen LogP contribution in [-0.2, 0) is 9.59 Å². The molecule has 0 bridgehead atoms. The van der Waals surface area contributed by atoms with Crippen molar-refractivity contribution in [3.63, 3.8) is 0 Å². The first-order valence-corrected chi connectivity index (χ1v) is 7.02. The number of nitrogens with zero attached hydrogens (tertiary/aromatic N) is 2. The molecular formula is C13H13ClN2O3S. The Hall–Kier alpha value is -1.53. The van der Waals surface area contributed by atoms with Gasteiger partial charge in [-0.1, -0.05) is 6.07 Å². The van der Waals surface area contributed by atoms with Gasteiger partial charge in [0.25, 0.3) is 0 Å². The Kier molecular flexibility index (Phi) is 4.06. The minimum Gasteiger partial charge on any atom is -1.00 e. The lowest BCUT2D eigenvalue weighted by atomic mass is 10.1. The Labute approximate surface area is 126 Å². The first kappa shape index (κ1) is 14.9. The van der Waals surface area contributed by atoms with Crippen molar-refractivity contribution in [2.45, 2.75) is 18.7 Å². The summed E-state index contributed by atoms with van der Waals surface area (Å²) in [4.78, 5) is 24.6. The van der Waals surface area contributed by atoms with E-state index in [4.69, 9.17) is 0 Å². The van der Waals surface area contributed by atoms with Crippen molar-refractivity contribution < 1.29 is 31.7 Å². The number of carboxylic acids is 1. The summed E-state index contributed by atoms with van der Waals surface area (Å²) >= 11 is 1.61. The second-order valence-corrected chi connectivity index (χ2v) is 5.71. The Balaban J connectivity index is 0.00000147. The van der Waals surface area contributed by atoms with Gasteiger partial charge < -0.3 is 17.5 Å². The molecule has 106 valence electrons. The van der Waals surface area contributed by atoms with Crippen LogP contribution in [0.3, 0.4) is 0 Å². The van der Waals surface area contributed by atoms with Crippen LogP contribution in [0, 0.1) is 6.92 Å². The molecule has 1 fully saturated rings. The molecule has 1 saturated heterocycles. The fraction of sp³-hybridized carbons (Fsp3) is 0.308. The summed E-state index contributed by atoms with van der Waals surface area (Å²) in [5, 5.41) is 9.42. The molecule has 7 heteroatoms. The first-order valence-electron chi connectivity index (χ1n) is 5.97. The summed E-state index contributed by atoms with van der Waals surface area (Å²) in [6, 6.07) is 5.68. The number of aliphatic carboxylic acids is 1. The summed E-state index contributed by atoms with van der Waals surface area (Å²) in [6.45, 7) is 1.92. The maximum atomic E-state index is 11.6. The van der Waals surface area contributed by atoms with E-state index in [-0.39, 0.29) is 29.4 Å². The number of pyridine rings is 1. The second kappa shape index (κ2) is 5.46. The minimum absolute atomic E-state index is 0. The van der Waals surface area contributed by atoms with E-state index in [2.05, 4.69) is 0 Å². The number of β-lactam (4-membered cyclic amide) rings is 1. The number of carbonyl (C=O) groups is 2. The molecule has 0 saturated carbocycles. The van der Waals surface area contributed by atoms with Gasteiger partial charge in [0.1, 0.15) is 0 Å². The van der Waals surface area contributed by atoms with E-state index in [0.29, 0.717) is 17.9 Å². The summed E-state index contributed by atoms with van der Waals surface area (Å²) in [5.74, 6) is -0.545. The van der Waals surface area contributed by atoms with E-state index in [0.717, 1.165) is 5.69 Å². The minimum atomic E-state index is -1.04. The zero-order valence-electron chi connectivity index (χ0n) is 10.7. The zero-order chi connectivity index (χ0) is 13.6. The number of rotatable bonds is 2. The highest BCUT2D eigenvalue weighted by atomic mass is 35.5. The molecule has 2 aliphatic rings. The number of hydrogen-bond acceptors (Lipinski definition) is 3. The van der Waals surface area contributed by atoms with Crippen LogP contribution in [0.5, 0.6) is 0 Å². The van der Waals surface area contributed by atoms with Crippen LogP contribution in [0.2, 0.25) is 0 Å². The summed E-state index contributed by atoms with van der Waals surface area (Å²) in [6.07, 6.45) is 2.27. The first-order chi connectivity index (χ1) is 9.09. The highest BCUT2D eigenvalue weighted by molar-refractivity contribution is 8.00. The average Bonchev–Trinajstić information content (AvgIpc) is 2.37. The quantitative estimate of drug-likeness (QED) is 0.499. The molecule has 0 radical (unpaired) electrons. The molecule has 0 unspecified atom stereocenters. The molecule has 1 aromatic rings. The maximum Gasteiger partial charge on any atom is 0.359 e. The molecule has 3 heterocycles. The highest BCUT2D eigenvalue weighted by Crippen LogP contribution is 2.39. The predicted octanol–water partition coefficient (Wildman–Crippen LogP) is -2.16. The van der Waals surface area contributed by atoms with Crippen molar-refractivity contribution in [3.8, 4) is 0 Å². The molecule has 5 nitrogen and oxygen atoms in total. The lowest BCUT2D eigenvalue weighted by molar-refractivity contribution is -0.589. The largest absolute Gasteiger partial charge is 1.00 e. The number of aromatic nitrogens is 1. The van der Waals surface area contributed by atoms with Crippen molar-refractivity contribution in [1.82, 2.24) is 4.90 Å². The zero-order valence-corrected chi connectivity index (χ0v) is 12.3. The van der Waals surface area contributed by atoms with Crippen LogP contribution in [0.1, 0.15) is 12.1 Å². The smallest absolute Gasteiger partial charge is 0.359 e. The van der Waals surface area contributed by atoms with Gasteiger partial charge in [0.2, 0.25) is 11.6 Å². The van der Waals surface area contributed by atoms with Gasteiger partial charge in [-0.2, -0.15) is 4.57 Å². The number of amides is 1. The molecule has 2 aliphatic heterocycles. The Morgan fingerprint density at radius 1 is 1.50 bits per heavy atom. The average molecular weight is 313 g/mol. The highest BCUT2D eigenvalue weighted by Gasteiger charge is 2.48. The van der Waals surface area contributed by atoms with Crippen LogP contribution in [-0.4, -0.2) is 33.0 Å². The topological polar surface area (TPSA) is 61.5 Å². The van der Waals surface area contributed by atoms with Gasteiger partial charge in [0, 0.05) is 19.1 Å². The predicted molar refractivity (Wildman–Crippen MR) is 69.9 cm³/mol. The molecule has 20 heavy (non-hydrogen) atoms. The number of thioether (sulfide) groups is 1. The van der Waals surface area contributed by atoms with Crippen LogP contribution >= 0.6 is 11.8 Å². The van der Waals surface area contributed by atoms with Gasteiger partial charge in [-0.15, -0.1) is 11.8 Å². The lowest BCUT2D eigenvalue weighted by Gasteiger charge is -2.42. The van der Waals surface area contributed by atoms with Gasteiger partial charge in [-0.25, -0.2) is 4.79 Å². The number of aryl methyl sites for hydroxylation is 1. The number of halogens is 1. The van der Waals surface area contributed by atoms with Gasteiger partial charge in [-0.3, -0.25) is 9.69 Å². The fourth-order valence-corrected chi connectivity index (χ4v) is 3.67.